The molecular weight excluding hydrogens is 356 g/mol. The van der Waals surface area contributed by atoms with Gasteiger partial charge >= 0.3 is 5.97 Å². The summed E-state index contributed by atoms with van der Waals surface area (Å²) in [7, 11) is 0. The molecule has 1 fully saturated rings. The van der Waals surface area contributed by atoms with Gasteiger partial charge in [0, 0.05) is 30.8 Å². The maximum Gasteiger partial charge on any atom is 0.332 e. The van der Waals surface area contributed by atoms with E-state index in [9.17, 15) is 9.59 Å². The highest BCUT2D eigenvalue weighted by molar-refractivity contribution is 5.91. The topological polar surface area (TPSA) is 72.6 Å². The van der Waals surface area contributed by atoms with Crippen LogP contribution in [0.3, 0.4) is 0 Å². The van der Waals surface area contributed by atoms with Gasteiger partial charge < -0.3 is 14.1 Å². The molecule has 1 aromatic heterocycles. The average Bonchev–Trinajstić information content (AvgIpc) is 3.40. The van der Waals surface area contributed by atoms with Crippen molar-refractivity contribution in [2.45, 2.75) is 18.9 Å². The molecule has 6 nitrogen and oxygen atoms in total. The lowest BCUT2D eigenvalue weighted by molar-refractivity contribution is -0.156. The number of oxazole rings is 1. The second-order valence-electron chi connectivity index (χ2n) is 6.61. The molecule has 4 rings (SSSR count). The lowest BCUT2D eigenvalue weighted by atomic mass is 10.1. The van der Waals surface area contributed by atoms with Crippen LogP contribution in [-0.4, -0.2) is 34.8 Å². The first-order valence-corrected chi connectivity index (χ1v) is 9.29. The Kier molecular flexibility index (Phi) is 5.19. The van der Waals surface area contributed by atoms with Gasteiger partial charge in [-0.1, -0.05) is 42.5 Å². The van der Waals surface area contributed by atoms with E-state index in [1.807, 2.05) is 36.4 Å². The Balaban J connectivity index is 1.50. The number of para-hydroxylation sites is 2. The van der Waals surface area contributed by atoms with Gasteiger partial charge in [0.1, 0.15) is 5.52 Å². The summed E-state index contributed by atoms with van der Waals surface area (Å²) in [4.78, 5) is 31.3. The molecule has 1 aliphatic rings. The zero-order valence-electron chi connectivity index (χ0n) is 15.3. The summed E-state index contributed by atoms with van der Waals surface area (Å²) in [5, 5.41) is 0. The van der Waals surface area contributed by atoms with Crippen molar-refractivity contribution in [3.05, 3.63) is 72.1 Å². The first-order valence-electron chi connectivity index (χ1n) is 9.29. The van der Waals surface area contributed by atoms with E-state index in [0.29, 0.717) is 35.6 Å². The fourth-order valence-electron chi connectivity index (χ4n) is 3.25. The van der Waals surface area contributed by atoms with Crippen molar-refractivity contribution in [1.82, 2.24) is 9.88 Å². The van der Waals surface area contributed by atoms with Gasteiger partial charge in [-0.2, -0.15) is 0 Å². The largest absolute Gasteiger partial charge is 0.444 e. The van der Waals surface area contributed by atoms with Crippen LogP contribution in [0.1, 0.15) is 30.4 Å². The van der Waals surface area contributed by atoms with Crippen LogP contribution in [0.15, 0.2) is 65.1 Å². The van der Waals surface area contributed by atoms with Crippen molar-refractivity contribution in [3.8, 4) is 0 Å². The summed E-state index contributed by atoms with van der Waals surface area (Å²) < 4.78 is 11.1. The van der Waals surface area contributed by atoms with Gasteiger partial charge in [-0.3, -0.25) is 4.79 Å². The number of carbonyl (C=O) groups excluding carboxylic acids is 2. The summed E-state index contributed by atoms with van der Waals surface area (Å²) in [6.07, 6.45) is 3.67. The molecule has 0 aliphatic carbocycles. The summed E-state index contributed by atoms with van der Waals surface area (Å²) in [6.45, 7) is 1.39. The van der Waals surface area contributed by atoms with E-state index < -0.39 is 12.1 Å². The van der Waals surface area contributed by atoms with Crippen molar-refractivity contribution in [2.24, 2.45) is 0 Å². The van der Waals surface area contributed by atoms with Crippen molar-refractivity contribution in [2.75, 3.05) is 13.1 Å². The number of amides is 1. The molecule has 1 aliphatic heterocycles. The number of likely N-dealkylation sites (tertiary alicyclic amines) is 1. The van der Waals surface area contributed by atoms with E-state index in [1.54, 1.807) is 23.1 Å². The predicted octanol–water partition coefficient (Wildman–Crippen LogP) is 3.75. The number of aromatic nitrogens is 1. The van der Waals surface area contributed by atoms with Gasteiger partial charge in [0.2, 0.25) is 12.0 Å². The standard InChI is InChI=1S/C22H20N2O4/c25-20(13-12-19-23-17-10-4-5-11-18(17)27-19)28-21(16-8-2-1-3-9-16)22(26)24-14-6-7-15-24/h1-5,8-13,21H,6-7,14-15H2/b13-12+/t21-/m1/s1. The minimum atomic E-state index is -0.958. The molecule has 0 spiro atoms. The number of esters is 1. The number of carbonyl (C=O) groups is 2. The molecule has 3 aromatic rings. The lowest BCUT2D eigenvalue weighted by Gasteiger charge is -2.23. The normalized spacial score (nSPS) is 15.2. The third-order valence-electron chi connectivity index (χ3n) is 4.65. The molecule has 0 radical (unpaired) electrons. The maximum absolute atomic E-state index is 12.9. The molecule has 1 amide bonds. The number of hydrogen-bond donors (Lipinski definition) is 0. The first-order chi connectivity index (χ1) is 13.7. The smallest absolute Gasteiger partial charge is 0.332 e. The number of ether oxygens (including phenoxy) is 1. The summed E-state index contributed by atoms with van der Waals surface area (Å²) in [5.74, 6) is -0.503. The van der Waals surface area contributed by atoms with Gasteiger partial charge in [-0.15, -0.1) is 0 Å². The molecule has 0 N–H and O–H groups in total. The molecule has 2 heterocycles. The Bertz CT molecular complexity index is 971. The number of nitrogens with zero attached hydrogens (tertiary/aromatic N) is 2. The summed E-state index contributed by atoms with van der Waals surface area (Å²) >= 11 is 0. The van der Waals surface area contributed by atoms with Crippen LogP contribution in [0, 0.1) is 0 Å². The fraction of sp³-hybridized carbons (Fsp3) is 0.227. The van der Waals surface area contributed by atoms with Crippen LogP contribution in [0.5, 0.6) is 0 Å². The Morgan fingerprint density at radius 2 is 1.75 bits per heavy atom. The SMILES string of the molecule is O=C(/C=C/c1nc2ccccc2o1)O[C@@H](C(=O)N1CCCC1)c1ccccc1. The first kappa shape index (κ1) is 18.0. The van der Waals surface area contributed by atoms with Crippen LogP contribution in [0.2, 0.25) is 0 Å². The van der Waals surface area contributed by atoms with Crippen LogP contribution in [0.25, 0.3) is 17.2 Å². The Hall–Kier alpha value is -3.41. The molecule has 0 bridgehead atoms. The van der Waals surface area contributed by atoms with Gasteiger partial charge in [-0.05, 0) is 25.0 Å². The fourth-order valence-corrected chi connectivity index (χ4v) is 3.25. The van der Waals surface area contributed by atoms with Crippen LogP contribution >= 0.6 is 0 Å². The third kappa shape index (κ3) is 3.96. The Morgan fingerprint density at radius 1 is 1.04 bits per heavy atom. The Labute approximate surface area is 162 Å². The molecular formula is C22H20N2O4. The highest BCUT2D eigenvalue weighted by Crippen LogP contribution is 2.23. The van der Waals surface area contributed by atoms with Gasteiger partial charge in [0.15, 0.2) is 5.58 Å². The van der Waals surface area contributed by atoms with E-state index in [-0.39, 0.29) is 5.91 Å². The quantitative estimate of drug-likeness (QED) is 0.501. The van der Waals surface area contributed by atoms with Gasteiger partial charge in [0.25, 0.3) is 5.91 Å². The maximum atomic E-state index is 12.9. The molecule has 0 saturated carbocycles. The molecule has 0 unspecified atom stereocenters. The van der Waals surface area contributed by atoms with E-state index in [2.05, 4.69) is 4.98 Å². The summed E-state index contributed by atoms with van der Waals surface area (Å²) in [6, 6.07) is 16.4. The number of benzene rings is 2. The number of rotatable bonds is 5. The highest BCUT2D eigenvalue weighted by Gasteiger charge is 2.30. The van der Waals surface area contributed by atoms with Crippen molar-refractivity contribution in [3.63, 3.8) is 0 Å². The molecule has 1 saturated heterocycles. The minimum absolute atomic E-state index is 0.188. The monoisotopic (exact) mass is 376 g/mol. The third-order valence-corrected chi connectivity index (χ3v) is 4.65. The van der Waals surface area contributed by atoms with E-state index in [0.717, 1.165) is 12.8 Å². The minimum Gasteiger partial charge on any atom is -0.444 e. The van der Waals surface area contributed by atoms with E-state index in [4.69, 9.17) is 9.15 Å². The lowest BCUT2D eigenvalue weighted by Crippen LogP contribution is -2.34. The highest BCUT2D eigenvalue weighted by atomic mass is 16.5. The van der Waals surface area contributed by atoms with Crippen LogP contribution < -0.4 is 0 Å². The summed E-state index contributed by atoms with van der Waals surface area (Å²) in [5.41, 5.74) is 2.01. The molecule has 142 valence electrons. The molecule has 2 aromatic carbocycles. The van der Waals surface area contributed by atoms with E-state index in [1.165, 1.54) is 12.2 Å². The average molecular weight is 376 g/mol. The van der Waals surface area contributed by atoms with Crippen molar-refractivity contribution < 1.29 is 18.7 Å². The molecule has 28 heavy (non-hydrogen) atoms. The van der Waals surface area contributed by atoms with Gasteiger partial charge in [-0.25, -0.2) is 9.78 Å². The van der Waals surface area contributed by atoms with Crippen LogP contribution in [0.4, 0.5) is 0 Å². The molecule has 1 atom stereocenters. The zero-order valence-corrected chi connectivity index (χ0v) is 15.3. The number of hydrogen-bond acceptors (Lipinski definition) is 5. The number of fused-ring (bicyclic) bond motifs is 1. The Morgan fingerprint density at radius 3 is 2.50 bits per heavy atom. The van der Waals surface area contributed by atoms with E-state index >= 15 is 0 Å². The van der Waals surface area contributed by atoms with Crippen LogP contribution in [-0.2, 0) is 14.3 Å². The van der Waals surface area contributed by atoms with Crippen molar-refractivity contribution >= 4 is 29.1 Å². The second-order valence-corrected chi connectivity index (χ2v) is 6.61. The van der Waals surface area contributed by atoms with Gasteiger partial charge in [0.05, 0.1) is 0 Å². The predicted molar refractivity (Wildman–Crippen MR) is 104 cm³/mol. The second kappa shape index (κ2) is 8.08. The molecule has 6 heteroatoms. The van der Waals surface area contributed by atoms with Crippen molar-refractivity contribution in [1.29, 1.82) is 0 Å². The zero-order chi connectivity index (χ0) is 19.3.